The zero-order valence-electron chi connectivity index (χ0n) is 16.7. The molecule has 1 aliphatic rings. The zero-order chi connectivity index (χ0) is 18.8. The SMILES string of the molecule is CCN(CCCC(=O)CN1CCNCC1)C(C)Cc1ccc(OC)cc1. The van der Waals surface area contributed by atoms with E-state index >= 15 is 0 Å². The monoisotopic (exact) mass is 361 g/mol. The molecular weight excluding hydrogens is 326 g/mol. The first-order valence-corrected chi connectivity index (χ1v) is 9.94. The fraction of sp³-hybridized carbons (Fsp3) is 0.667. The van der Waals surface area contributed by atoms with Gasteiger partial charge in [-0.2, -0.15) is 0 Å². The molecule has 0 radical (unpaired) electrons. The fourth-order valence-corrected chi connectivity index (χ4v) is 3.60. The molecule has 26 heavy (non-hydrogen) atoms. The summed E-state index contributed by atoms with van der Waals surface area (Å²) in [6, 6.07) is 8.79. The molecule has 1 unspecified atom stereocenters. The number of likely N-dealkylation sites (N-methyl/N-ethyl adjacent to an activating group) is 1. The summed E-state index contributed by atoms with van der Waals surface area (Å²) >= 11 is 0. The van der Waals surface area contributed by atoms with Gasteiger partial charge in [0.15, 0.2) is 0 Å². The van der Waals surface area contributed by atoms with Gasteiger partial charge in [-0.25, -0.2) is 0 Å². The smallest absolute Gasteiger partial charge is 0.146 e. The van der Waals surface area contributed by atoms with Gasteiger partial charge in [0.2, 0.25) is 0 Å². The van der Waals surface area contributed by atoms with Crippen molar-refractivity contribution >= 4 is 5.78 Å². The Bertz CT molecular complexity index is 527. The number of carbonyl (C=O) groups excluding carboxylic acids is 1. The lowest BCUT2D eigenvalue weighted by molar-refractivity contribution is -0.120. The van der Waals surface area contributed by atoms with Crippen molar-refractivity contribution in [2.45, 2.75) is 39.2 Å². The van der Waals surface area contributed by atoms with Crippen molar-refractivity contribution in [2.24, 2.45) is 0 Å². The summed E-state index contributed by atoms with van der Waals surface area (Å²) < 4.78 is 5.22. The highest BCUT2D eigenvalue weighted by molar-refractivity contribution is 5.80. The molecule has 1 atom stereocenters. The lowest BCUT2D eigenvalue weighted by atomic mass is 10.1. The first-order chi connectivity index (χ1) is 12.6. The van der Waals surface area contributed by atoms with Crippen molar-refractivity contribution < 1.29 is 9.53 Å². The molecule has 5 nitrogen and oxygen atoms in total. The van der Waals surface area contributed by atoms with Crippen LogP contribution < -0.4 is 10.1 Å². The van der Waals surface area contributed by atoms with Crippen molar-refractivity contribution in [1.82, 2.24) is 15.1 Å². The van der Waals surface area contributed by atoms with Crippen molar-refractivity contribution in [3.8, 4) is 5.75 Å². The predicted octanol–water partition coefficient (Wildman–Crippen LogP) is 2.20. The summed E-state index contributed by atoms with van der Waals surface area (Å²) in [5, 5.41) is 3.33. The minimum Gasteiger partial charge on any atom is -0.497 e. The molecule has 0 amide bonds. The average Bonchev–Trinajstić information content (AvgIpc) is 2.66. The predicted molar refractivity (Wildman–Crippen MR) is 107 cm³/mol. The number of nitrogens with one attached hydrogen (secondary N) is 1. The maximum atomic E-state index is 12.2. The molecule has 1 fully saturated rings. The largest absolute Gasteiger partial charge is 0.497 e. The highest BCUT2D eigenvalue weighted by Gasteiger charge is 2.15. The maximum Gasteiger partial charge on any atom is 0.146 e. The Hall–Kier alpha value is -1.43. The van der Waals surface area contributed by atoms with Crippen LogP contribution in [-0.2, 0) is 11.2 Å². The van der Waals surface area contributed by atoms with Crippen LogP contribution in [0.25, 0.3) is 0 Å². The first kappa shape index (κ1) is 20.9. The molecule has 0 saturated carbocycles. The lowest BCUT2D eigenvalue weighted by Crippen LogP contribution is -2.45. The molecule has 1 heterocycles. The Kier molecular flexibility index (Phi) is 9.09. The van der Waals surface area contributed by atoms with Gasteiger partial charge in [-0.1, -0.05) is 19.1 Å². The second-order valence-corrected chi connectivity index (χ2v) is 7.20. The number of ether oxygens (including phenoxy) is 1. The van der Waals surface area contributed by atoms with E-state index in [4.69, 9.17) is 4.74 Å². The van der Waals surface area contributed by atoms with Gasteiger partial charge in [-0.15, -0.1) is 0 Å². The van der Waals surface area contributed by atoms with Gasteiger partial charge in [0.05, 0.1) is 13.7 Å². The number of ketones is 1. The van der Waals surface area contributed by atoms with Crippen LogP contribution in [0.1, 0.15) is 32.3 Å². The van der Waals surface area contributed by atoms with Gasteiger partial charge in [0, 0.05) is 38.6 Å². The van der Waals surface area contributed by atoms with Gasteiger partial charge in [-0.3, -0.25) is 9.69 Å². The topological polar surface area (TPSA) is 44.8 Å². The first-order valence-electron chi connectivity index (χ1n) is 9.94. The third-order valence-electron chi connectivity index (χ3n) is 5.23. The highest BCUT2D eigenvalue weighted by Crippen LogP contribution is 2.15. The van der Waals surface area contributed by atoms with E-state index in [1.807, 2.05) is 12.1 Å². The number of hydrogen-bond donors (Lipinski definition) is 1. The molecule has 1 aliphatic heterocycles. The average molecular weight is 362 g/mol. The van der Waals surface area contributed by atoms with E-state index in [0.29, 0.717) is 24.8 Å². The van der Waals surface area contributed by atoms with Crippen LogP contribution in [-0.4, -0.2) is 74.5 Å². The molecule has 1 aromatic carbocycles. The van der Waals surface area contributed by atoms with Crippen molar-refractivity contribution in [2.75, 3.05) is 52.9 Å². The summed E-state index contributed by atoms with van der Waals surface area (Å²) in [6.45, 7) is 11.1. The molecule has 0 spiro atoms. The molecule has 146 valence electrons. The Morgan fingerprint density at radius 3 is 2.58 bits per heavy atom. The molecule has 1 N–H and O–H groups in total. The van der Waals surface area contributed by atoms with Crippen LogP contribution in [0.2, 0.25) is 0 Å². The Balaban J connectivity index is 1.70. The van der Waals surface area contributed by atoms with E-state index in [2.05, 4.69) is 41.1 Å². The fourth-order valence-electron chi connectivity index (χ4n) is 3.60. The molecule has 5 heteroatoms. The van der Waals surface area contributed by atoms with Crippen LogP contribution in [0.3, 0.4) is 0 Å². The van der Waals surface area contributed by atoms with E-state index in [9.17, 15) is 4.79 Å². The molecular formula is C21H35N3O2. The van der Waals surface area contributed by atoms with E-state index in [1.165, 1.54) is 5.56 Å². The summed E-state index contributed by atoms with van der Waals surface area (Å²) in [5.41, 5.74) is 1.33. The van der Waals surface area contributed by atoms with Gasteiger partial charge < -0.3 is 15.0 Å². The minimum absolute atomic E-state index is 0.380. The number of rotatable bonds is 11. The molecule has 0 aromatic heterocycles. The van der Waals surface area contributed by atoms with Gasteiger partial charge >= 0.3 is 0 Å². The number of methoxy groups -OCH3 is 1. The van der Waals surface area contributed by atoms with E-state index in [0.717, 1.165) is 57.9 Å². The molecule has 0 aliphatic carbocycles. The van der Waals surface area contributed by atoms with Gasteiger partial charge in [0.1, 0.15) is 11.5 Å². The van der Waals surface area contributed by atoms with Gasteiger partial charge in [0.25, 0.3) is 0 Å². The number of Topliss-reactive ketones (excluding diaryl/α,β-unsaturated/α-hetero) is 1. The summed E-state index contributed by atoms with van der Waals surface area (Å²) in [4.78, 5) is 17.0. The summed E-state index contributed by atoms with van der Waals surface area (Å²) in [6.07, 6.45) is 2.66. The summed E-state index contributed by atoms with van der Waals surface area (Å²) in [5.74, 6) is 1.28. The number of carbonyl (C=O) groups is 1. The van der Waals surface area contributed by atoms with E-state index in [-0.39, 0.29) is 0 Å². The number of piperazine rings is 1. The number of hydrogen-bond acceptors (Lipinski definition) is 5. The Morgan fingerprint density at radius 2 is 1.96 bits per heavy atom. The third kappa shape index (κ3) is 7.06. The number of benzene rings is 1. The highest BCUT2D eigenvalue weighted by atomic mass is 16.5. The standard InChI is InChI=1S/C21H35N3O2/c1-4-24(18(2)16-19-7-9-21(26-3)10-8-19)13-5-6-20(25)17-23-14-11-22-12-15-23/h7-10,18,22H,4-6,11-17H2,1-3H3. The van der Waals surface area contributed by atoms with Crippen molar-refractivity contribution in [1.29, 1.82) is 0 Å². The molecule has 1 saturated heterocycles. The second-order valence-electron chi connectivity index (χ2n) is 7.20. The lowest BCUT2D eigenvalue weighted by Gasteiger charge is -2.28. The van der Waals surface area contributed by atoms with Crippen molar-refractivity contribution in [3.05, 3.63) is 29.8 Å². The van der Waals surface area contributed by atoms with E-state index < -0.39 is 0 Å². The zero-order valence-corrected chi connectivity index (χ0v) is 16.7. The van der Waals surface area contributed by atoms with Crippen LogP contribution >= 0.6 is 0 Å². The number of nitrogens with zero attached hydrogens (tertiary/aromatic N) is 2. The molecule has 1 aromatic rings. The second kappa shape index (κ2) is 11.3. The Morgan fingerprint density at radius 1 is 1.27 bits per heavy atom. The van der Waals surface area contributed by atoms with Crippen LogP contribution in [0, 0.1) is 0 Å². The van der Waals surface area contributed by atoms with E-state index in [1.54, 1.807) is 7.11 Å². The van der Waals surface area contributed by atoms with Crippen LogP contribution in [0.4, 0.5) is 0 Å². The third-order valence-corrected chi connectivity index (χ3v) is 5.23. The molecule has 0 bridgehead atoms. The van der Waals surface area contributed by atoms with Crippen LogP contribution in [0.5, 0.6) is 5.75 Å². The maximum absolute atomic E-state index is 12.2. The van der Waals surface area contributed by atoms with Crippen molar-refractivity contribution in [3.63, 3.8) is 0 Å². The Labute approximate surface area is 158 Å². The minimum atomic E-state index is 0.380. The molecule has 2 rings (SSSR count). The quantitative estimate of drug-likeness (QED) is 0.655. The van der Waals surface area contributed by atoms with Crippen LogP contribution in [0.15, 0.2) is 24.3 Å². The van der Waals surface area contributed by atoms with Gasteiger partial charge in [-0.05, 0) is 50.6 Å². The summed E-state index contributed by atoms with van der Waals surface area (Å²) in [7, 11) is 1.69. The normalized spacial score (nSPS) is 16.6.